The highest BCUT2D eigenvalue weighted by Gasteiger charge is 2.12. The van der Waals surface area contributed by atoms with Gasteiger partial charge in [0.2, 0.25) is 11.8 Å². The molecule has 0 spiro atoms. The summed E-state index contributed by atoms with van der Waals surface area (Å²) in [5, 5.41) is 6.24. The number of nitrogens with zero attached hydrogens (tertiary/aromatic N) is 1. The Bertz CT molecular complexity index is 1240. The van der Waals surface area contributed by atoms with E-state index >= 15 is 0 Å². The summed E-state index contributed by atoms with van der Waals surface area (Å²) in [7, 11) is 0. The van der Waals surface area contributed by atoms with Gasteiger partial charge in [0.05, 0.1) is 19.2 Å². The molecule has 0 bridgehead atoms. The van der Waals surface area contributed by atoms with Gasteiger partial charge in [-0.15, -0.1) is 0 Å². The maximum Gasteiger partial charge on any atom is 0.228 e. The van der Waals surface area contributed by atoms with Crippen LogP contribution in [-0.4, -0.2) is 10.9 Å². The number of anilines is 1. The molecule has 4 aromatic rings. The Morgan fingerprint density at radius 2 is 1.88 bits per heavy atom. The maximum atomic E-state index is 13.8. The SMILES string of the molecule is CC(NCc1ncc(-c2ccc(Br)cc2)o1)c1cccc(NC(=O)Cc2ccccc2F)c1. The van der Waals surface area contributed by atoms with Crippen LogP contribution in [0.25, 0.3) is 11.3 Å². The zero-order valence-electron chi connectivity index (χ0n) is 18.0. The molecule has 0 radical (unpaired) electrons. The molecule has 33 heavy (non-hydrogen) atoms. The molecule has 3 aromatic carbocycles. The molecule has 0 fully saturated rings. The minimum Gasteiger partial charge on any atom is -0.439 e. The van der Waals surface area contributed by atoms with Crippen LogP contribution in [0.4, 0.5) is 10.1 Å². The van der Waals surface area contributed by atoms with Gasteiger partial charge in [0.15, 0.2) is 5.76 Å². The Hall–Kier alpha value is -3.29. The molecule has 7 heteroatoms. The molecule has 0 aliphatic rings. The number of oxazole rings is 1. The summed E-state index contributed by atoms with van der Waals surface area (Å²) < 4.78 is 20.7. The molecule has 4 rings (SSSR count). The Labute approximate surface area is 200 Å². The number of nitrogens with one attached hydrogen (secondary N) is 2. The van der Waals surface area contributed by atoms with E-state index in [-0.39, 0.29) is 24.2 Å². The van der Waals surface area contributed by atoms with Crippen molar-refractivity contribution in [2.24, 2.45) is 0 Å². The molecule has 1 aromatic heterocycles. The third-order valence-corrected chi connectivity index (χ3v) is 5.75. The molecular weight excluding hydrogens is 485 g/mol. The summed E-state index contributed by atoms with van der Waals surface area (Å²) in [5.41, 5.74) is 2.99. The lowest BCUT2D eigenvalue weighted by Crippen LogP contribution is -2.19. The average molecular weight is 508 g/mol. The molecule has 5 nitrogen and oxygen atoms in total. The Morgan fingerprint density at radius 3 is 2.67 bits per heavy atom. The number of carbonyl (C=O) groups is 1. The van der Waals surface area contributed by atoms with Gasteiger partial charge in [-0.1, -0.05) is 58.4 Å². The van der Waals surface area contributed by atoms with E-state index in [9.17, 15) is 9.18 Å². The standard InChI is InChI=1S/C26H23BrFN3O2/c1-17(29-16-26-30-15-24(33-26)18-9-11-21(27)12-10-18)19-6-4-7-22(13-19)31-25(32)14-20-5-2-3-8-23(20)28/h2-13,15,17,29H,14,16H2,1H3,(H,31,32). The number of rotatable bonds is 8. The lowest BCUT2D eigenvalue weighted by Gasteiger charge is -2.15. The van der Waals surface area contributed by atoms with E-state index in [1.165, 1.54) is 6.07 Å². The van der Waals surface area contributed by atoms with Crippen LogP contribution in [-0.2, 0) is 17.8 Å². The molecule has 1 atom stereocenters. The molecule has 1 unspecified atom stereocenters. The first-order valence-electron chi connectivity index (χ1n) is 10.5. The molecule has 168 valence electrons. The van der Waals surface area contributed by atoms with Crippen molar-refractivity contribution in [3.63, 3.8) is 0 Å². The van der Waals surface area contributed by atoms with E-state index in [2.05, 4.69) is 31.5 Å². The fourth-order valence-electron chi connectivity index (χ4n) is 3.40. The minimum atomic E-state index is -0.381. The van der Waals surface area contributed by atoms with Crippen LogP contribution in [0.3, 0.4) is 0 Å². The summed E-state index contributed by atoms with van der Waals surface area (Å²) in [6.07, 6.45) is 1.70. The zero-order valence-corrected chi connectivity index (χ0v) is 19.6. The first-order chi connectivity index (χ1) is 16.0. The van der Waals surface area contributed by atoms with Gasteiger partial charge in [0, 0.05) is 21.8 Å². The van der Waals surface area contributed by atoms with Crippen molar-refractivity contribution in [2.75, 3.05) is 5.32 Å². The molecule has 0 aliphatic heterocycles. The molecule has 0 aliphatic carbocycles. The summed E-state index contributed by atoms with van der Waals surface area (Å²) in [4.78, 5) is 16.7. The molecule has 0 saturated heterocycles. The van der Waals surface area contributed by atoms with Crippen LogP contribution < -0.4 is 10.6 Å². The van der Waals surface area contributed by atoms with Crippen molar-refractivity contribution >= 4 is 27.5 Å². The third kappa shape index (κ3) is 6.15. The fourth-order valence-corrected chi connectivity index (χ4v) is 3.67. The lowest BCUT2D eigenvalue weighted by molar-refractivity contribution is -0.115. The van der Waals surface area contributed by atoms with Gasteiger partial charge in [-0.25, -0.2) is 9.37 Å². The number of hydrogen-bond acceptors (Lipinski definition) is 4. The third-order valence-electron chi connectivity index (χ3n) is 5.22. The van der Waals surface area contributed by atoms with Crippen molar-refractivity contribution in [1.29, 1.82) is 0 Å². The summed E-state index contributed by atoms with van der Waals surface area (Å²) in [6, 6.07) is 21.7. The van der Waals surface area contributed by atoms with E-state index in [1.807, 2.05) is 55.5 Å². The van der Waals surface area contributed by atoms with Crippen LogP contribution in [0.15, 0.2) is 87.9 Å². The van der Waals surface area contributed by atoms with Crippen molar-refractivity contribution in [2.45, 2.75) is 25.9 Å². The highest BCUT2D eigenvalue weighted by Crippen LogP contribution is 2.23. The molecule has 0 saturated carbocycles. The topological polar surface area (TPSA) is 67.2 Å². The fraction of sp³-hybridized carbons (Fsp3) is 0.154. The van der Waals surface area contributed by atoms with E-state index in [0.717, 1.165) is 15.6 Å². The second kappa shape index (κ2) is 10.6. The maximum absolute atomic E-state index is 13.8. The van der Waals surface area contributed by atoms with Crippen LogP contribution >= 0.6 is 15.9 Å². The predicted octanol–water partition coefficient (Wildman–Crippen LogP) is 6.28. The van der Waals surface area contributed by atoms with Crippen molar-refractivity contribution in [3.05, 3.63) is 106 Å². The van der Waals surface area contributed by atoms with Gasteiger partial charge < -0.3 is 15.1 Å². The number of carbonyl (C=O) groups excluding carboxylic acids is 1. The first-order valence-corrected chi connectivity index (χ1v) is 11.3. The number of hydrogen-bond donors (Lipinski definition) is 2. The molecular formula is C26H23BrFN3O2. The van der Waals surface area contributed by atoms with E-state index in [0.29, 0.717) is 29.4 Å². The molecule has 1 amide bonds. The smallest absolute Gasteiger partial charge is 0.228 e. The molecule has 2 N–H and O–H groups in total. The van der Waals surface area contributed by atoms with Crippen molar-refractivity contribution in [3.8, 4) is 11.3 Å². The largest absolute Gasteiger partial charge is 0.439 e. The first kappa shape index (κ1) is 22.9. The van der Waals surface area contributed by atoms with Crippen LogP contribution in [0.1, 0.15) is 30.0 Å². The normalized spacial score (nSPS) is 11.8. The Balaban J connectivity index is 1.34. The molecule has 1 heterocycles. The zero-order chi connectivity index (χ0) is 23.2. The number of halogens is 2. The lowest BCUT2D eigenvalue weighted by atomic mass is 10.1. The summed E-state index contributed by atoms with van der Waals surface area (Å²) in [5.74, 6) is 0.660. The summed E-state index contributed by atoms with van der Waals surface area (Å²) in [6.45, 7) is 2.49. The van der Waals surface area contributed by atoms with Crippen molar-refractivity contribution < 1.29 is 13.6 Å². The monoisotopic (exact) mass is 507 g/mol. The highest BCUT2D eigenvalue weighted by molar-refractivity contribution is 9.10. The average Bonchev–Trinajstić information content (AvgIpc) is 3.29. The van der Waals surface area contributed by atoms with E-state index < -0.39 is 0 Å². The Morgan fingerprint density at radius 1 is 1.09 bits per heavy atom. The van der Waals surface area contributed by atoms with Gasteiger partial charge in [0.25, 0.3) is 0 Å². The Kier molecular flexibility index (Phi) is 7.32. The minimum absolute atomic E-state index is 0.00329. The predicted molar refractivity (Wildman–Crippen MR) is 130 cm³/mol. The number of aromatic nitrogens is 1. The number of benzene rings is 3. The second-order valence-corrected chi connectivity index (χ2v) is 8.59. The van der Waals surface area contributed by atoms with Crippen LogP contribution in [0, 0.1) is 5.82 Å². The van der Waals surface area contributed by atoms with Gasteiger partial charge >= 0.3 is 0 Å². The van der Waals surface area contributed by atoms with Gasteiger partial charge in [-0.05, 0) is 48.4 Å². The number of amides is 1. The van der Waals surface area contributed by atoms with Gasteiger partial charge in [0.1, 0.15) is 5.82 Å². The van der Waals surface area contributed by atoms with Crippen LogP contribution in [0.2, 0.25) is 0 Å². The highest BCUT2D eigenvalue weighted by atomic mass is 79.9. The van der Waals surface area contributed by atoms with Gasteiger partial charge in [-0.3, -0.25) is 4.79 Å². The van der Waals surface area contributed by atoms with Crippen molar-refractivity contribution in [1.82, 2.24) is 10.3 Å². The summed E-state index contributed by atoms with van der Waals surface area (Å²) >= 11 is 3.43. The van der Waals surface area contributed by atoms with E-state index in [1.54, 1.807) is 24.4 Å². The van der Waals surface area contributed by atoms with E-state index in [4.69, 9.17) is 4.42 Å². The van der Waals surface area contributed by atoms with Gasteiger partial charge in [-0.2, -0.15) is 0 Å². The second-order valence-electron chi connectivity index (χ2n) is 7.67. The van der Waals surface area contributed by atoms with Crippen LogP contribution in [0.5, 0.6) is 0 Å². The quantitative estimate of drug-likeness (QED) is 0.294.